The predicted octanol–water partition coefficient (Wildman–Crippen LogP) is 2.33. The Morgan fingerprint density at radius 2 is 1.80 bits per heavy atom. The zero-order valence-electron chi connectivity index (χ0n) is 11.3. The minimum atomic E-state index is 0.214. The molecule has 0 aliphatic carbocycles. The largest absolute Gasteiger partial charge is 0.495 e. The first-order chi connectivity index (χ1) is 9.66. The molecule has 0 radical (unpaired) electrons. The molecule has 0 spiro atoms. The number of methoxy groups -OCH3 is 2. The van der Waals surface area contributed by atoms with Crippen molar-refractivity contribution in [2.24, 2.45) is 0 Å². The molecule has 20 heavy (non-hydrogen) atoms. The summed E-state index contributed by atoms with van der Waals surface area (Å²) in [4.78, 5) is 12.3. The highest BCUT2D eigenvalue weighted by Gasteiger charge is 2.07. The van der Waals surface area contributed by atoms with E-state index in [-0.39, 0.29) is 6.01 Å². The van der Waals surface area contributed by atoms with Gasteiger partial charge in [0.05, 0.1) is 19.2 Å². The highest BCUT2D eigenvalue weighted by molar-refractivity contribution is 6.32. The summed E-state index contributed by atoms with van der Waals surface area (Å²) in [6.07, 6.45) is 0. The van der Waals surface area contributed by atoms with Gasteiger partial charge in [0.1, 0.15) is 5.75 Å². The van der Waals surface area contributed by atoms with Gasteiger partial charge in [-0.05, 0) is 18.2 Å². The fraction of sp³-hybridized carbons (Fsp3) is 0.250. The Bertz CT molecular complexity index is 586. The molecule has 0 aliphatic heterocycles. The summed E-state index contributed by atoms with van der Waals surface area (Å²) in [5.74, 6) is 1.35. The molecule has 0 amide bonds. The van der Waals surface area contributed by atoms with Gasteiger partial charge in [0.15, 0.2) is 0 Å². The van der Waals surface area contributed by atoms with Gasteiger partial charge in [-0.3, -0.25) is 0 Å². The second kappa shape index (κ2) is 6.25. The van der Waals surface area contributed by atoms with Gasteiger partial charge in [-0.1, -0.05) is 11.6 Å². The lowest BCUT2D eigenvalue weighted by molar-refractivity contribution is 0.379. The van der Waals surface area contributed by atoms with Gasteiger partial charge in [-0.25, -0.2) is 0 Å². The van der Waals surface area contributed by atoms with Crippen molar-refractivity contribution in [2.75, 3.05) is 31.9 Å². The van der Waals surface area contributed by atoms with Crippen molar-refractivity contribution >= 4 is 29.2 Å². The fourth-order valence-electron chi connectivity index (χ4n) is 1.49. The standard InChI is InChI=1S/C12H14ClN5O2/c1-14-10-16-11(18-12(17-10)20-3)15-7-4-5-9(19-2)8(13)6-7/h4-6H,1-3H3,(H2,14,15,16,17,18). The zero-order valence-corrected chi connectivity index (χ0v) is 12.0. The van der Waals surface area contributed by atoms with E-state index in [1.54, 1.807) is 32.4 Å². The minimum absolute atomic E-state index is 0.214. The number of benzene rings is 1. The summed E-state index contributed by atoms with van der Waals surface area (Å²) >= 11 is 6.06. The number of ether oxygens (including phenoxy) is 2. The monoisotopic (exact) mass is 295 g/mol. The molecular weight excluding hydrogens is 282 g/mol. The third-order valence-electron chi connectivity index (χ3n) is 2.43. The van der Waals surface area contributed by atoms with E-state index in [1.165, 1.54) is 7.11 Å². The zero-order chi connectivity index (χ0) is 14.5. The Labute approximate surface area is 121 Å². The van der Waals surface area contributed by atoms with Crippen molar-refractivity contribution in [3.8, 4) is 11.8 Å². The van der Waals surface area contributed by atoms with Gasteiger partial charge < -0.3 is 20.1 Å². The van der Waals surface area contributed by atoms with Crippen molar-refractivity contribution < 1.29 is 9.47 Å². The predicted molar refractivity (Wildman–Crippen MR) is 77.2 cm³/mol. The number of nitrogens with zero attached hydrogens (tertiary/aromatic N) is 3. The van der Waals surface area contributed by atoms with Gasteiger partial charge >= 0.3 is 6.01 Å². The van der Waals surface area contributed by atoms with E-state index in [0.717, 1.165) is 5.69 Å². The van der Waals surface area contributed by atoms with Crippen LogP contribution in [0, 0.1) is 0 Å². The number of aromatic nitrogens is 3. The third-order valence-corrected chi connectivity index (χ3v) is 2.72. The molecule has 0 bridgehead atoms. The normalized spacial score (nSPS) is 10.0. The SMILES string of the molecule is CNc1nc(Nc2ccc(OC)c(Cl)c2)nc(OC)n1. The molecule has 0 unspecified atom stereocenters. The number of halogens is 1. The molecule has 0 fully saturated rings. The maximum atomic E-state index is 6.06. The van der Waals surface area contributed by atoms with Crippen LogP contribution in [0.25, 0.3) is 0 Å². The average Bonchev–Trinajstić information content (AvgIpc) is 2.47. The first kappa shape index (κ1) is 14.1. The van der Waals surface area contributed by atoms with E-state index in [2.05, 4.69) is 25.6 Å². The molecule has 2 aromatic rings. The molecule has 7 nitrogen and oxygen atoms in total. The molecule has 2 N–H and O–H groups in total. The summed E-state index contributed by atoms with van der Waals surface area (Å²) in [6, 6.07) is 5.49. The molecule has 1 heterocycles. The second-order valence-corrected chi connectivity index (χ2v) is 4.10. The first-order valence-corrected chi connectivity index (χ1v) is 6.12. The van der Waals surface area contributed by atoms with E-state index in [4.69, 9.17) is 21.1 Å². The molecule has 0 saturated heterocycles. The van der Waals surface area contributed by atoms with Crippen molar-refractivity contribution in [3.05, 3.63) is 23.2 Å². The molecule has 1 aromatic carbocycles. The summed E-state index contributed by atoms with van der Waals surface area (Å²) < 4.78 is 10.1. The van der Waals surface area contributed by atoms with E-state index in [0.29, 0.717) is 22.7 Å². The Morgan fingerprint density at radius 1 is 1.05 bits per heavy atom. The quantitative estimate of drug-likeness (QED) is 0.876. The van der Waals surface area contributed by atoms with Crippen LogP contribution in [0.5, 0.6) is 11.8 Å². The smallest absolute Gasteiger partial charge is 0.322 e. The van der Waals surface area contributed by atoms with Crippen molar-refractivity contribution in [2.45, 2.75) is 0 Å². The number of nitrogens with one attached hydrogen (secondary N) is 2. The summed E-state index contributed by atoms with van der Waals surface area (Å²) in [6.45, 7) is 0. The lowest BCUT2D eigenvalue weighted by atomic mass is 10.3. The molecule has 0 atom stereocenters. The van der Waals surface area contributed by atoms with Gasteiger partial charge in [-0.15, -0.1) is 0 Å². The maximum Gasteiger partial charge on any atom is 0.322 e. The van der Waals surface area contributed by atoms with Gasteiger partial charge in [0, 0.05) is 12.7 Å². The van der Waals surface area contributed by atoms with Crippen LogP contribution in [0.3, 0.4) is 0 Å². The Morgan fingerprint density at radius 3 is 2.40 bits per heavy atom. The molecule has 106 valence electrons. The van der Waals surface area contributed by atoms with Crippen molar-refractivity contribution in [3.63, 3.8) is 0 Å². The summed E-state index contributed by atoms with van der Waals surface area (Å²) in [7, 11) is 4.76. The van der Waals surface area contributed by atoms with Crippen LogP contribution < -0.4 is 20.1 Å². The van der Waals surface area contributed by atoms with Crippen LogP contribution in [-0.4, -0.2) is 36.2 Å². The summed E-state index contributed by atoms with van der Waals surface area (Å²) in [5, 5.41) is 6.35. The molecule has 0 aliphatic rings. The molecule has 8 heteroatoms. The van der Waals surface area contributed by atoms with E-state index in [9.17, 15) is 0 Å². The van der Waals surface area contributed by atoms with Crippen LogP contribution in [0.1, 0.15) is 0 Å². The van der Waals surface area contributed by atoms with Crippen molar-refractivity contribution in [1.29, 1.82) is 0 Å². The molecule has 2 rings (SSSR count). The van der Waals surface area contributed by atoms with E-state index in [1.807, 2.05) is 0 Å². The molecule has 1 aromatic heterocycles. The van der Waals surface area contributed by atoms with Gasteiger partial charge in [0.25, 0.3) is 0 Å². The van der Waals surface area contributed by atoms with Crippen LogP contribution in [-0.2, 0) is 0 Å². The van der Waals surface area contributed by atoms with Gasteiger partial charge in [-0.2, -0.15) is 15.0 Å². The van der Waals surface area contributed by atoms with E-state index >= 15 is 0 Å². The van der Waals surface area contributed by atoms with Crippen LogP contribution in [0.4, 0.5) is 17.6 Å². The molecular formula is C12H14ClN5O2. The Balaban J connectivity index is 2.27. The fourth-order valence-corrected chi connectivity index (χ4v) is 1.75. The Hall–Kier alpha value is -2.28. The highest BCUT2D eigenvalue weighted by Crippen LogP contribution is 2.28. The number of hydrogen-bond acceptors (Lipinski definition) is 7. The van der Waals surface area contributed by atoms with E-state index < -0.39 is 0 Å². The highest BCUT2D eigenvalue weighted by atomic mass is 35.5. The first-order valence-electron chi connectivity index (χ1n) is 5.74. The number of anilines is 3. The summed E-state index contributed by atoms with van der Waals surface area (Å²) in [5.41, 5.74) is 0.728. The van der Waals surface area contributed by atoms with Crippen LogP contribution >= 0.6 is 11.6 Å². The second-order valence-electron chi connectivity index (χ2n) is 3.69. The lowest BCUT2D eigenvalue weighted by Crippen LogP contribution is -2.05. The number of rotatable bonds is 5. The molecule has 0 saturated carbocycles. The van der Waals surface area contributed by atoms with Crippen LogP contribution in [0.2, 0.25) is 5.02 Å². The van der Waals surface area contributed by atoms with Crippen LogP contribution in [0.15, 0.2) is 18.2 Å². The number of hydrogen-bond donors (Lipinski definition) is 2. The lowest BCUT2D eigenvalue weighted by Gasteiger charge is -2.09. The van der Waals surface area contributed by atoms with Gasteiger partial charge in [0.2, 0.25) is 11.9 Å². The third kappa shape index (κ3) is 3.18. The topological polar surface area (TPSA) is 81.2 Å². The maximum absolute atomic E-state index is 6.06. The minimum Gasteiger partial charge on any atom is -0.495 e. The Kier molecular flexibility index (Phi) is 4.41. The van der Waals surface area contributed by atoms with Crippen molar-refractivity contribution in [1.82, 2.24) is 15.0 Å². The average molecular weight is 296 g/mol.